The molecule has 0 N–H and O–H groups in total. The highest BCUT2D eigenvalue weighted by molar-refractivity contribution is 5.50. The largest absolute Gasteiger partial charge is 0.573 e. The van der Waals surface area contributed by atoms with Gasteiger partial charge in [0.2, 0.25) is 0 Å². The molecule has 28 heavy (non-hydrogen) atoms. The van der Waals surface area contributed by atoms with Crippen LogP contribution in [-0.4, -0.2) is 6.36 Å². The fourth-order valence-corrected chi connectivity index (χ4v) is 5.19. The lowest BCUT2D eigenvalue weighted by molar-refractivity contribution is -0.274. The van der Waals surface area contributed by atoms with E-state index in [9.17, 15) is 13.2 Å². The smallest absolute Gasteiger partial charge is 0.406 e. The highest BCUT2D eigenvalue weighted by Crippen LogP contribution is 2.42. The third-order valence-corrected chi connectivity index (χ3v) is 6.75. The minimum absolute atomic E-state index is 0.168. The molecule has 1 nitrogen and oxygen atoms in total. The summed E-state index contributed by atoms with van der Waals surface area (Å²) >= 11 is 0. The van der Waals surface area contributed by atoms with Gasteiger partial charge < -0.3 is 4.74 Å². The van der Waals surface area contributed by atoms with Gasteiger partial charge in [0, 0.05) is 0 Å². The highest BCUT2D eigenvalue weighted by atomic mass is 19.4. The van der Waals surface area contributed by atoms with E-state index in [0.717, 1.165) is 23.3 Å². The van der Waals surface area contributed by atoms with E-state index in [0.29, 0.717) is 5.92 Å². The Hall–Kier alpha value is -1.45. The van der Waals surface area contributed by atoms with E-state index in [1.54, 1.807) is 12.1 Å². The van der Waals surface area contributed by atoms with Crippen molar-refractivity contribution in [3.05, 3.63) is 35.9 Å². The van der Waals surface area contributed by atoms with Gasteiger partial charge in [-0.15, -0.1) is 13.2 Å². The van der Waals surface area contributed by atoms with E-state index in [1.165, 1.54) is 76.3 Å². The molecule has 0 unspecified atom stereocenters. The Kier molecular flexibility index (Phi) is 7.48. The van der Waals surface area contributed by atoms with Crippen molar-refractivity contribution in [2.24, 2.45) is 23.7 Å². The lowest BCUT2D eigenvalue weighted by Crippen LogP contribution is -2.25. The summed E-state index contributed by atoms with van der Waals surface area (Å²) in [4.78, 5) is 0. The Bertz CT molecular complexity index is 604. The maximum absolute atomic E-state index is 12.2. The fourth-order valence-electron chi connectivity index (χ4n) is 5.19. The van der Waals surface area contributed by atoms with Crippen molar-refractivity contribution in [1.82, 2.24) is 0 Å². The molecule has 0 amide bonds. The maximum Gasteiger partial charge on any atom is 0.573 e. The molecule has 3 rings (SSSR count). The minimum atomic E-state index is -4.63. The molecule has 2 aliphatic carbocycles. The zero-order valence-electron chi connectivity index (χ0n) is 16.9. The van der Waals surface area contributed by atoms with E-state index in [4.69, 9.17) is 0 Å². The van der Waals surface area contributed by atoms with Gasteiger partial charge in [0.25, 0.3) is 0 Å². The van der Waals surface area contributed by atoms with Gasteiger partial charge >= 0.3 is 6.36 Å². The first-order chi connectivity index (χ1) is 13.4. The van der Waals surface area contributed by atoms with Crippen LogP contribution < -0.4 is 4.74 Å². The molecular formula is C24H33F3O. The van der Waals surface area contributed by atoms with Crippen LogP contribution >= 0.6 is 0 Å². The van der Waals surface area contributed by atoms with Crippen LogP contribution in [0.15, 0.2) is 30.3 Å². The first-order valence-electron chi connectivity index (χ1n) is 11.0. The molecule has 2 fully saturated rings. The Labute approximate surface area is 167 Å². The SMILES string of the molecule is CCCC1CCC(C2CCC(C=Cc3ccc(OC(F)(F)F)cc3)CC2)CC1. The second kappa shape index (κ2) is 9.84. The van der Waals surface area contributed by atoms with Gasteiger partial charge in [-0.05, 0) is 79.9 Å². The average molecular weight is 395 g/mol. The van der Waals surface area contributed by atoms with Crippen molar-refractivity contribution in [2.45, 2.75) is 77.5 Å². The molecule has 0 saturated heterocycles. The predicted octanol–water partition coefficient (Wildman–Crippen LogP) is 8.01. The van der Waals surface area contributed by atoms with Crippen LogP contribution in [0.3, 0.4) is 0 Å². The number of rotatable bonds is 6. The van der Waals surface area contributed by atoms with Gasteiger partial charge in [0.1, 0.15) is 5.75 Å². The van der Waals surface area contributed by atoms with Crippen LogP contribution in [0.4, 0.5) is 13.2 Å². The zero-order valence-corrected chi connectivity index (χ0v) is 16.9. The molecule has 0 heterocycles. The average Bonchev–Trinajstić information content (AvgIpc) is 2.68. The van der Waals surface area contributed by atoms with Crippen LogP contribution in [0.2, 0.25) is 0 Å². The van der Waals surface area contributed by atoms with E-state index < -0.39 is 6.36 Å². The van der Waals surface area contributed by atoms with Gasteiger partial charge in [-0.2, -0.15) is 0 Å². The topological polar surface area (TPSA) is 9.23 Å². The molecule has 0 aliphatic heterocycles. The van der Waals surface area contributed by atoms with E-state index >= 15 is 0 Å². The number of ether oxygens (including phenoxy) is 1. The standard InChI is InChI=1S/C24H33F3O/c1-2-3-18-6-12-21(13-7-18)22-14-8-19(9-15-22)4-5-20-10-16-23(17-11-20)28-24(25,26)27/h4-5,10-11,16-19,21-22H,2-3,6-9,12-15H2,1H3. The molecule has 2 aliphatic rings. The molecule has 1 aromatic carbocycles. The second-order valence-electron chi connectivity index (χ2n) is 8.72. The predicted molar refractivity (Wildman–Crippen MR) is 108 cm³/mol. The van der Waals surface area contributed by atoms with Crippen molar-refractivity contribution >= 4 is 6.08 Å². The Morgan fingerprint density at radius 1 is 0.893 bits per heavy atom. The maximum atomic E-state index is 12.2. The molecule has 0 bridgehead atoms. The first-order valence-corrected chi connectivity index (χ1v) is 11.0. The quantitative estimate of drug-likeness (QED) is 0.475. The van der Waals surface area contributed by atoms with Crippen molar-refractivity contribution in [2.75, 3.05) is 0 Å². The van der Waals surface area contributed by atoms with Crippen LogP contribution in [0, 0.1) is 23.7 Å². The third kappa shape index (κ3) is 6.56. The monoisotopic (exact) mass is 394 g/mol. The lowest BCUT2D eigenvalue weighted by Gasteiger charge is -2.37. The zero-order chi connectivity index (χ0) is 20.0. The number of allylic oxidation sites excluding steroid dienone is 1. The second-order valence-corrected chi connectivity index (χ2v) is 8.72. The molecule has 0 radical (unpaired) electrons. The van der Waals surface area contributed by atoms with Gasteiger partial charge in [0.15, 0.2) is 0 Å². The van der Waals surface area contributed by atoms with E-state index in [2.05, 4.69) is 17.7 Å². The fraction of sp³-hybridized carbons (Fsp3) is 0.667. The summed E-state index contributed by atoms with van der Waals surface area (Å²) in [6.45, 7) is 2.30. The van der Waals surface area contributed by atoms with Gasteiger partial charge in [0.05, 0.1) is 0 Å². The minimum Gasteiger partial charge on any atom is -0.406 e. The Morgan fingerprint density at radius 2 is 1.46 bits per heavy atom. The van der Waals surface area contributed by atoms with Gasteiger partial charge in [-0.1, -0.05) is 56.9 Å². The summed E-state index contributed by atoms with van der Waals surface area (Å²) in [6.07, 6.45) is 13.3. The Balaban J connectivity index is 1.42. The summed E-state index contributed by atoms with van der Waals surface area (Å²) in [6, 6.07) is 6.10. The number of benzene rings is 1. The summed E-state index contributed by atoms with van der Waals surface area (Å²) in [5, 5.41) is 0. The number of hydrogen-bond donors (Lipinski definition) is 0. The summed E-state index contributed by atoms with van der Waals surface area (Å²) in [7, 11) is 0. The molecule has 0 spiro atoms. The molecule has 0 atom stereocenters. The number of hydrogen-bond acceptors (Lipinski definition) is 1. The lowest BCUT2D eigenvalue weighted by atomic mass is 9.68. The number of alkyl halides is 3. The summed E-state index contributed by atoms with van der Waals surface area (Å²) < 4.78 is 40.6. The van der Waals surface area contributed by atoms with Crippen LogP contribution in [-0.2, 0) is 0 Å². The molecule has 4 heteroatoms. The van der Waals surface area contributed by atoms with Crippen molar-refractivity contribution < 1.29 is 17.9 Å². The summed E-state index contributed by atoms with van der Waals surface area (Å²) in [5.41, 5.74) is 0.922. The molecule has 1 aromatic rings. The number of halogens is 3. The Morgan fingerprint density at radius 3 is 2.00 bits per heavy atom. The summed E-state index contributed by atoms with van der Waals surface area (Å²) in [5.74, 6) is 3.26. The van der Waals surface area contributed by atoms with Crippen molar-refractivity contribution in [3.63, 3.8) is 0 Å². The molecule has 2 saturated carbocycles. The molecule has 156 valence electrons. The normalized spacial score (nSPS) is 29.1. The molecule has 0 aromatic heterocycles. The van der Waals surface area contributed by atoms with Crippen LogP contribution in [0.5, 0.6) is 5.75 Å². The van der Waals surface area contributed by atoms with Crippen LogP contribution in [0.25, 0.3) is 6.08 Å². The van der Waals surface area contributed by atoms with Crippen molar-refractivity contribution in [1.29, 1.82) is 0 Å². The third-order valence-electron chi connectivity index (χ3n) is 6.75. The van der Waals surface area contributed by atoms with Gasteiger partial charge in [-0.3, -0.25) is 0 Å². The van der Waals surface area contributed by atoms with E-state index in [1.807, 2.05) is 6.08 Å². The van der Waals surface area contributed by atoms with Crippen molar-refractivity contribution in [3.8, 4) is 5.75 Å². The van der Waals surface area contributed by atoms with E-state index in [-0.39, 0.29) is 5.75 Å². The molecular weight excluding hydrogens is 361 g/mol. The highest BCUT2D eigenvalue weighted by Gasteiger charge is 2.31. The first kappa shape index (κ1) is 21.3. The van der Waals surface area contributed by atoms with Gasteiger partial charge in [-0.25, -0.2) is 0 Å². The van der Waals surface area contributed by atoms with Crippen LogP contribution in [0.1, 0.15) is 76.7 Å².